The van der Waals surface area contributed by atoms with Crippen LogP contribution in [0.4, 0.5) is 15.1 Å². The number of carbonyl (C=O) groups is 1. The highest BCUT2D eigenvalue weighted by molar-refractivity contribution is 7.90. The lowest BCUT2D eigenvalue weighted by Crippen LogP contribution is -2.46. The molecule has 0 unspecified atom stereocenters. The second-order valence-electron chi connectivity index (χ2n) is 9.39. The minimum absolute atomic E-state index is 0. The van der Waals surface area contributed by atoms with Crippen LogP contribution in [0, 0.1) is 5.82 Å². The van der Waals surface area contributed by atoms with Crippen LogP contribution >= 0.6 is 13.5 Å². The number of nitrogens with one attached hydrogen (secondary N) is 2. The Morgan fingerprint density at radius 3 is 2.60 bits per heavy atom. The fourth-order valence-electron chi connectivity index (χ4n) is 4.36. The van der Waals surface area contributed by atoms with E-state index in [2.05, 4.69) is 20.6 Å². The molecule has 35 heavy (non-hydrogen) atoms. The summed E-state index contributed by atoms with van der Waals surface area (Å²) in [6, 6.07) is 2.86. The molecule has 0 bridgehead atoms. The number of carbonyl (C=O) groups excluding carboxylic acids is 1. The SMILES string of the molecule is C[C@H](NC(=O)N1Cc2nc(NC3CCOCC3)ncc2C1(C)C)c1cc(F)cc(S(C)(=O)=O)c1.S. The Bertz CT molecular complexity index is 1200. The number of rotatable bonds is 5. The van der Waals surface area contributed by atoms with Crippen LogP contribution in [-0.2, 0) is 26.7 Å². The highest BCUT2D eigenvalue weighted by Gasteiger charge is 2.42. The molecule has 1 aromatic heterocycles. The van der Waals surface area contributed by atoms with Crippen LogP contribution < -0.4 is 10.6 Å². The Morgan fingerprint density at radius 1 is 1.26 bits per heavy atom. The van der Waals surface area contributed by atoms with Crippen molar-refractivity contribution in [2.45, 2.75) is 62.7 Å². The van der Waals surface area contributed by atoms with Gasteiger partial charge in [0.2, 0.25) is 5.95 Å². The number of benzene rings is 1. The molecule has 2 aliphatic heterocycles. The maximum Gasteiger partial charge on any atom is 0.318 e. The zero-order valence-corrected chi connectivity index (χ0v) is 22.1. The summed E-state index contributed by atoms with van der Waals surface area (Å²) in [7, 11) is -3.59. The number of amides is 2. The van der Waals surface area contributed by atoms with Gasteiger partial charge in [0.25, 0.3) is 0 Å². The Morgan fingerprint density at radius 2 is 1.94 bits per heavy atom. The molecule has 1 saturated heterocycles. The lowest BCUT2D eigenvalue weighted by Gasteiger charge is -2.33. The number of anilines is 1. The molecule has 0 aliphatic carbocycles. The van der Waals surface area contributed by atoms with E-state index in [1.54, 1.807) is 18.0 Å². The van der Waals surface area contributed by atoms with Crippen molar-refractivity contribution >= 4 is 35.3 Å². The topological polar surface area (TPSA) is 114 Å². The highest BCUT2D eigenvalue weighted by Crippen LogP contribution is 2.38. The van der Waals surface area contributed by atoms with Crippen LogP contribution in [-0.4, -0.2) is 54.8 Å². The lowest BCUT2D eigenvalue weighted by atomic mass is 9.97. The largest absolute Gasteiger partial charge is 0.381 e. The first-order valence-electron chi connectivity index (χ1n) is 11.2. The van der Waals surface area contributed by atoms with Gasteiger partial charge >= 0.3 is 6.03 Å². The Hall–Kier alpha value is -2.44. The minimum atomic E-state index is -3.59. The van der Waals surface area contributed by atoms with Gasteiger partial charge in [-0.15, -0.1) is 0 Å². The van der Waals surface area contributed by atoms with Gasteiger partial charge in [-0.3, -0.25) is 0 Å². The van der Waals surface area contributed by atoms with Gasteiger partial charge in [0.15, 0.2) is 9.84 Å². The van der Waals surface area contributed by atoms with Crippen molar-refractivity contribution in [2.24, 2.45) is 0 Å². The second-order valence-corrected chi connectivity index (χ2v) is 11.4. The number of hydrogen-bond donors (Lipinski definition) is 2. The van der Waals surface area contributed by atoms with Gasteiger partial charge in [-0.05, 0) is 57.4 Å². The molecule has 0 spiro atoms. The van der Waals surface area contributed by atoms with Crippen LogP contribution in [0.1, 0.15) is 56.5 Å². The van der Waals surface area contributed by atoms with Crippen LogP contribution in [0.3, 0.4) is 0 Å². The van der Waals surface area contributed by atoms with E-state index in [4.69, 9.17) is 4.74 Å². The first-order chi connectivity index (χ1) is 15.9. The van der Waals surface area contributed by atoms with E-state index in [0.29, 0.717) is 31.3 Å². The van der Waals surface area contributed by atoms with Gasteiger partial charge < -0.3 is 20.3 Å². The summed E-state index contributed by atoms with van der Waals surface area (Å²) in [5.74, 6) is -0.141. The molecule has 1 atom stereocenters. The maximum atomic E-state index is 14.0. The van der Waals surface area contributed by atoms with Gasteiger partial charge in [-0.2, -0.15) is 13.5 Å². The molecular formula is C23H32FN5O4S2. The van der Waals surface area contributed by atoms with Crippen molar-refractivity contribution < 1.29 is 22.3 Å². The predicted molar refractivity (Wildman–Crippen MR) is 135 cm³/mol. The fourth-order valence-corrected chi connectivity index (χ4v) is 5.03. The Kier molecular flexibility index (Phi) is 7.97. The third-order valence-corrected chi connectivity index (χ3v) is 7.56. The van der Waals surface area contributed by atoms with Crippen LogP contribution in [0.5, 0.6) is 0 Å². The van der Waals surface area contributed by atoms with Gasteiger partial charge in [0.05, 0.1) is 28.7 Å². The number of halogens is 1. The molecule has 4 rings (SSSR count). The standard InChI is InChI=1S/C23H30FN5O4S.H2S/c1-14(15-9-16(24)11-18(10-15)34(4,31)32)26-22(30)29-13-20-19(23(29,2)3)12-25-21(28-20)27-17-5-7-33-8-6-17;/h9-12,14,17H,5-8,13H2,1-4H3,(H,26,30)(H,25,27,28);1H2/t14-;/m0./s1. The monoisotopic (exact) mass is 525 g/mol. The Labute approximate surface area is 212 Å². The zero-order chi connectivity index (χ0) is 24.7. The van der Waals surface area contributed by atoms with Crippen molar-refractivity contribution in [1.29, 1.82) is 0 Å². The molecular weight excluding hydrogens is 493 g/mol. The van der Waals surface area contributed by atoms with Gasteiger partial charge in [0.1, 0.15) is 5.82 Å². The third kappa shape index (κ3) is 5.87. The first kappa shape index (κ1) is 27.2. The maximum absolute atomic E-state index is 14.0. The molecule has 2 N–H and O–H groups in total. The van der Waals surface area contributed by atoms with Crippen molar-refractivity contribution in [2.75, 3.05) is 24.8 Å². The molecule has 12 heteroatoms. The molecule has 2 amide bonds. The molecule has 3 heterocycles. The van der Waals surface area contributed by atoms with Crippen LogP contribution in [0.15, 0.2) is 29.3 Å². The molecule has 2 aliphatic rings. The molecule has 0 saturated carbocycles. The van der Waals surface area contributed by atoms with Crippen molar-refractivity contribution in [3.05, 3.63) is 47.0 Å². The van der Waals surface area contributed by atoms with Gasteiger partial charge in [0, 0.05) is 37.3 Å². The number of urea groups is 1. The quantitative estimate of drug-likeness (QED) is 0.616. The number of hydrogen-bond acceptors (Lipinski definition) is 7. The van der Waals surface area contributed by atoms with E-state index in [1.165, 1.54) is 12.1 Å². The van der Waals surface area contributed by atoms with E-state index in [1.807, 2.05) is 13.8 Å². The van der Waals surface area contributed by atoms with E-state index in [-0.39, 0.29) is 30.5 Å². The molecule has 2 aromatic rings. The van der Waals surface area contributed by atoms with Crippen LogP contribution in [0.2, 0.25) is 0 Å². The summed E-state index contributed by atoms with van der Waals surface area (Å²) >= 11 is 0. The number of ether oxygens (including phenoxy) is 1. The summed E-state index contributed by atoms with van der Waals surface area (Å²) in [5, 5.41) is 6.22. The molecule has 1 fully saturated rings. The Balaban J connectivity index is 0.00000342. The number of aromatic nitrogens is 2. The average molecular weight is 526 g/mol. The summed E-state index contributed by atoms with van der Waals surface area (Å²) in [6.45, 7) is 7.23. The van der Waals surface area contributed by atoms with Crippen LogP contribution in [0.25, 0.3) is 0 Å². The second kappa shape index (κ2) is 10.3. The molecule has 0 radical (unpaired) electrons. The zero-order valence-electron chi connectivity index (χ0n) is 20.3. The van der Waals surface area contributed by atoms with E-state index in [0.717, 1.165) is 36.4 Å². The summed E-state index contributed by atoms with van der Waals surface area (Å²) in [5.41, 5.74) is 1.34. The average Bonchev–Trinajstić information content (AvgIpc) is 3.03. The van der Waals surface area contributed by atoms with Crippen molar-refractivity contribution in [3.63, 3.8) is 0 Å². The fraction of sp³-hybridized carbons (Fsp3) is 0.522. The molecule has 192 valence electrons. The highest BCUT2D eigenvalue weighted by atomic mass is 32.2. The smallest absolute Gasteiger partial charge is 0.318 e. The summed E-state index contributed by atoms with van der Waals surface area (Å²) in [4.78, 5) is 23.9. The van der Waals surface area contributed by atoms with E-state index >= 15 is 0 Å². The summed E-state index contributed by atoms with van der Waals surface area (Å²) in [6.07, 6.45) is 4.55. The van der Waals surface area contributed by atoms with Gasteiger partial charge in [-0.25, -0.2) is 27.6 Å². The molecule has 1 aromatic carbocycles. The van der Waals surface area contributed by atoms with E-state index < -0.39 is 27.2 Å². The number of sulfone groups is 1. The predicted octanol–water partition coefficient (Wildman–Crippen LogP) is 3.24. The minimum Gasteiger partial charge on any atom is -0.381 e. The van der Waals surface area contributed by atoms with E-state index in [9.17, 15) is 17.6 Å². The number of fused-ring (bicyclic) bond motifs is 1. The van der Waals surface area contributed by atoms with Crippen molar-refractivity contribution in [3.8, 4) is 0 Å². The normalized spacial score (nSPS) is 18.4. The first-order valence-corrected chi connectivity index (χ1v) is 13.1. The van der Waals surface area contributed by atoms with Crippen molar-refractivity contribution in [1.82, 2.24) is 20.2 Å². The summed E-state index contributed by atoms with van der Waals surface area (Å²) < 4.78 is 43.2. The lowest BCUT2D eigenvalue weighted by molar-refractivity contribution is 0.0903. The van der Waals surface area contributed by atoms with Gasteiger partial charge in [-0.1, -0.05) is 0 Å². The third-order valence-electron chi connectivity index (χ3n) is 6.47. The molecule has 9 nitrogen and oxygen atoms in total. The number of nitrogens with zero attached hydrogens (tertiary/aromatic N) is 3.